The van der Waals surface area contributed by atoms with Gasteiger partial charge in [-0.2, -0.15) is 13.3 Å². The first-order valence-corrected chi connectivity index (χ1v) is 2.41. The Balaban J connectivity index is -0.0000000480. The van der Waals surface area contributed by atoms with Crippen molar-refractivity contribution in [3.05, 3.63) is 13.8 Å². The Morgan fingerprint density at radius 1 is 1.29 bits per heavy atom. The molecule has 0 heterocycles. The summed E-state index contributed by atoms with van der Waals surface area (Å²) in [5, 5.41) is 0. The first-order valence-electron chi connectivity index (χ1n) is 2.41. The molecule has 0 aromatic heterocycles. The van der Waals surface area contributed by atoms with Gasteiger partial charge in [0.2, 0.25) is 0 Å². The maximum Gasteiger partial charge on any atom is 2.00 e. The fraction of sp³-hybridized carbons (Fsp3) is 0.667. The average molecular weight is 134 g/mol. The summed E-state index contributed by atoms with van der Waals surface area (Å²) in [6, 6.07) is 0. The molecule has 0 aliphatic rings. The van der Waals surface area contributed by atoms with Crippen LogP contribution in [-0.4, -0.2) is 0 Å². The molecule has 0 fully saturated rings. The second-order valence-electron chi connectivity index (χ2n) is 0.854. The molecular weight excluding hydrogens is 120 g/mol. The van der Waals surface area contributed by atoms with Crippen LogP contribution in [0, 0.1) is 13.8 Å². The van der Waals surface area contributed by atoms with Crippen molar-refractivity contribution >= 4 is 0 Å². The minimum absolute atomic E-state index is 0. The van der Waals surface area contributed by atoms with Crippen LogP contribution in [0.25, 0.3) is 0 Å². The van der Waals surface area contributed by atoms with Gasteiger partial charge in [0.1, 0.15) is 0 Å². The van der Waals surface area contributed by atoms with Crippen LogP contribution in [0.15, 0.2) is 0 Å². The van der Waals surface area contributed by atoms with E-state index in [4.69, 9.17) is 0 Å². The van der Waals surface area contributed by atoms with Crippen LogP contribution in [0.5, 0.6) is 0 Å². The van der Waals surface area contributed by atoms with Crippen LogP contribution in [0.3, 0.4) is 0 Å². The van der Waals surface area contributed by atoms with Crippen molar-refractivity contribution in [2.45, 2.75) is 26.7 Å². The summed E-state index contributed by atoms with van der Waals surface area (Å²) in [7, 11) is 0. The predicted octanol–water partition coefficient (Wildman–Crippen LogP) is 2.46. The van der Waals surface area contributed by atoms with Gasteiger partial charge in [-0.3, -0.25) is 0 Å². The molecule has 0 atom stereocenters. The molecule has 0 radical (unpaired) electrons. The van der Waals surface area contributed by atoms with Gasteiger partial charge < -0.3 is 13.8 Å². The third-order valence-corrected chi connectivity index (χ3v) is 0.354. The zero-order chi connectivity index (χ0) is 5.41. The van der Waals surface area contributed by atoms with E-state index in [1.54, 1.807) is 6.92 Å². The molecule has 1 heteroatoms. The SMILES string of the molecule is [CH2-]C.[CH2-]CCC.[Ti+2]. The van der Waals surface area contributed by atoms with Crippen LogP contribution in [0.2, 0.25) is 0 Å². The third-order valence-electron chi connectivity index (χ3n) is 0.354. The first kappa shape index (κ1) is 15.6. The smallest absolute Gasteiger partial charge is 0.346 e. The second-order valence-corrected chi connectivity index (χ2v) is 0.854. The zero-order valence-electron chi connectivity index (χ0n) is 5.33. The van der Waals surface area contributed by atoms with E-state index < -0.39 is 0 Å². The van der Waals surface area contributed by atoms with E-state index in [0.717, 1.165) is 6.42 Å². The Morgan fingerprint density at radius 3 is 1.43 bits per heavy atom. The van der Waals surface area contributed by atoms with E-state index in [2.05, 4.69) is 20.8 Å². The normalized spacial score (nSPS) is 5.14. The monoisotopic (exact) mass is 134 g/mol. The van der Waals surface area contributed by atoms with Crippen molar-refractivity contribution in [3.8, 4) is 0 Å². The Hall–Kier alpha value is 0.714. The van der Waals surface area contributed by atoms with Gasteiger partial charge in [-0.25, -0.2) is 0 Å². The van der Waals surface area contributed by atoms with E-state index in [1.807, 2.05) is 0 Å². The molecule has 0 bridgehead atoms. The summed E-state index contributed by atoms with van der Waals surface area (Å²) in [6.45, 7) is 10.7. The van der Waals surface area contributed by atoms with Gasteiger partial charge in [0.25, 0.3) is 0 Å². The Bertz CT molecular complexity index is 6.14. The van der Waals surface area contributed by atoms with Gasteiger partial charge in [-0.1, -0.05) is 13.3 Å². The molecule has 42 valence electrons. The van der Waals surface area contributed by atoms with Crippen molar-refractivity contribution in [1.29, 1.82) is 0 Å². The van der Waals surface area contributed by atoms with Crippen molar-refractivity contribution in [2.75, 3.05) is 0 Å². The third kappa shape index (κ3) is 50.8. The summed E-state index contributed by atoms with van der Waals surface area (Å²) < 4.78 is 0. The van der Waals surface area contributed by atoms with Crippen LogP contribution in [0.4, 0.5) is 0 Å². The molecule has 0 aromatic carbocycles. The van der Waals surface area contributed by atoms with Crippen LogP contribution >= 0.6 is 0 Å². The van der Waals surface area contributed by atoms with E-state index in [0.29, 0.717) is 0 Å². The molecule has 7 heavy (non-hydrogen) atoms. The number of rotatable bonds is 1. The van der Waals surface area contributed by atoms with Gasteiger partial charge in [0.15, 0.2) is 0 Å². The molecule has 0 unspecified atom stereocenters. The minimum Gasteiger partial charge on any atom is -0.346 e. The largest absolute Gasteiger partial charge is 2.00 e. The molecule has 0 aliphatic carbocycles. The quantitative estimate of drug-likeness (QED) is 0.381. The molecule has 0 amide bonds. The number of unbranched alkanes of at least 4 members (excludes halogenated alkanes) is 1. The Morgan fingerprint density at radius 2 is 1.43 bits per heavy atom. The number of hydrogen-bond acceptors (Lipinski definition) is 0. The van der Waals surface area contributed by atoms with Crippen molar-refractivity contribution in [1.82, 2.24) is 0 Å². The van der Waals surface area contributed by atoms with Gasteiger partial charge in [-0.15, -0.1) is 0 Å². The molecule has 0 saturated heterocycles. The molecule has 0 N–H and O–H groups in total. The van der Waals surface area contributed by atoms with Crippen LogP contribution in [0.1, 0.15) is 26.7 Å². The minimum atomic E-state index is 0. The van der Waals surface area contributed by atoms with Crippen molar-refractivity contribution in [2.24, 2.45) is 0 Å². The maximum absolute atomic E-state index is 3.60. The van der Waals surface area contributed by atoms with E-state index in [1.165, 1.54) is 6.42 Å². The standard InChI is InChI=1S/C4H9.C2H5.Ti/c1-3-4-2;1-2;/h1,3-4H2,2H3;1H2,2H3;/q2*-1;+2. The fourth-order valence-electron chi connectivity index (χ4n) is 0. The molecule has 0 aliphatic heterocycles. The summed E-state index contributed by atoms with van der Waals surface area (Å²) in [5.74, 6) is 0. The van der Waals surface area contributed by atoms with E-state index in [-0.39, 0.29) is 21.7 Å². The molecule has 0 saturated carbocycles. The summed E-state index contributed by atoms with van der Waals surface area (Å²) in [6.07, 6.45) is 2.28. The summed E-state index contributed by atoms with van der Waals surface area (Å²) in [4.78, 5) is 0. The summed E-state index contributed by atoms with van der Waals surface area (Å²) >= 11 is 0. The topological polar surface area (TPSA) is 0 Å². The first-order chi connectivity index (χ1) is 2.91. The van der Waals surface area contributed by atoms with Crippen LogP contribution in [-0.2, 0) is 21.7 Å². The van der Waals surface area contributed by atoms with E-state index in [9.17, 15) is 0 Å². The fourth-order valence-corrected chi connectivity index (χ4v) is 0. The average Bonchev–Trinajstić information content (AvgIpc) is 1.72. The van der Waals surface area contributed by atoms with Crippen LogP contribution < -0.4 is 0 Å². The Labute approximate surface area is 62.6 Å². The molecule has 0 aromatic rings. The number of hydrogen-bond donors (Lipinski definition) is 0. The maximum atomic E-state index is 3.60. The molecule has 0 rings (SSSR count). The van der Waals surface area contributed by atoms with Gasteiger partial charge in [0, 0.05) is 0 Å². The second kappa shape index (κ2) is 29.8. The molecular formula is C6H14Ti. The molecule has 0 nitrogen and oxygen atoms in total. The predicted molar refractivity (Wildman–Crippen MR) is 31.3 cm³/mol. The van der Waals surface area contributed by atoms with Gasteiger partial charge >= 0.3 is 21.7 Å². The van der Waals surface area contributed by atoms with Gasteiger partial charge in [-0.05, 0) is 0 Å². The van der Waals surface area contributed by atoms with Gasteiger partial charge in [0.05, 0.1) is 0 Å². The van der Waals surface area contributed by atoms with Crippen molar-refractivity contribution in [3.63, 3.8) is 0 Å². The summed E-state index contributed by atoms with van der Waals surface area (Å²) in [5.41, 5.74) is 0. The van der Waals surface area contributed by atoms with Crippen molar-refractivity contribution < 1.29 is 21.7 Å². The Kier molecular flexibility index (Phi) is 66.5. The zero-order valence-corrected chi connectivity index (χ0v) is 6.89. The van der Waals surface area contributed by atoms with E-state index >= 15 is 0 Å². The molecule has 0 spiro atoms.